The van der Waals surface area contributed by atoms with Crippen LogP contribution in [0.1, 0.15) is 19.8 Å². The molecular weight excluding hydrogens is 151 g/mol. The van der Waals surface area contributed by atoms with E-state index in [0.717, 1.165) is 0 Å². The Labute approximate surface area is 63.8 Å². The number of rotatable bonds is 2. The number of carbonyl (C=O) groups is 1. The number of carboxylic acid groups (broad SMARTS) is 1. The number of hydrogen-bond acceptors (Lipinski definition) is 2. The Balaban J connectivity index is 2.54. The van der Waals surface area contributed by atoms with Crippen LogP contribution in [0.3, 0.4) is 0 Å². The molecule has 1 atom stereocenters. The molecule has 11 heavy (non-hydrogen) atoms. The summed E-state index contributed by atoms with van der Waals surface area (Å²) in [6, 6.07) is 0. The van der Waals surface area contributed by atoms with Crippen LogP contribution in [0.5, 0.6) is 0 Å². The summed E-state index contributed by atoms with van der Waals surface area (Å²) in [5.41, 5.74) is -1.59. The molecule has 0 amide bonds. The number of hydrogen-bond donors (Lipinski definition) is 2. The van der Waals surface area contributed by atoms with Crippen LogP contribution in [0.25, 0.3) is 0 Å². The lowest BCUT2D eigenvalue weighted by Crippen LogP contribution is -2.53. The molecule has 0 saturated heterocycles. The molecule has 1 unspecified atom stereocenters. The van der Waals surface area contributed by atoms with E-state index in [1.54, 1.807) is 0 Å². The highest BCUT2D eigenvalue weighted by atomic mass is 19.1. The Hall–Kier alpha value is -0.640. The van der Waals surface area contributed by atoms with E-state index >= 15 is 0 Å². The van der Waals surface area contributed by atoms with Crippen molar-refractivity contribution in [3.05, 3.63) is 0 Å². The zero-order valence-electron chi connectivity index (χ0n) is 6.25. The first-order valence-electron chi connectivity index (χ1n) is 3.55. The maximum Gasteiger partial charge on any atom is 0.341 e. The van der Waals surface area contributed by atoms with Crippen molar-refractivity contribution >= 4 is 5.97 Å². The Bertz CT molecular complexity index is 175. The van der Waals surface area contributed by atoms with Crippen molar-refractivity contribution in [2.24, 2.45) is 5.92 Å². The number of halogens is 1. The summed E-state index contributed by atoms with van der Waals surface area (Å²) < 4.78 is 12.7. The van der Waals surface area contributed by atoms with Gasteiger partial charge in [0.15, 0.2) is 0 Å². The average molecular weight is 162 g/mol. The highest BCUT2D eigenvalue weighted by Gasteiger charge is 2.50. The SMILES string of the molecule is CC1CC(O)(C(F)C(=O)O)C1. The number of aliphatic hydroxyl groups is 1. The lowest BCUT2D eigenvalue weighted by atomic mass is 9.69. The van der Waals surface area contributed by atoms with E-state index in [0.29, 0.717) is 0 Å². The topological polar surface area (TPSA) is 57.5 Å². The van der Waals surface area contributed by atoms with E-state index in [4.69, 9.17) is 5.11 Å². The van der Waals surface area contributed by atoms with Crippen LogP contribution in [0.15, 0.2) is 0 Å². The molecule has 0 aromatic rings. The molecule has 4 heteroatoms. The minimum absolute atomic E-state index is 0.234. The molecule has 1 rings (SSSR count). The molecule has 1 fully saturated rings. The van der Waals surface area contributed by atoms with Gasteiger partial charge >= 0.3 is 5.97 Å². The Morgan fingerprint density at radius 3 is 2.45 bits per heavy atom. The molecule has 3 nitrogen and oxygen atoms in total. The normalized spacial score (nSPS) is 39.4. The number of alkyl halides is 1. The van der Waals surface area contributed by atoms with Crippen molar-refractivity contribution in [1.82, 2.24) is 0 Å². The van der Waals surface area contributed by atoms with Crippen LogP contribution < -0.4 is 0 Å². The van der Waals surface area contributed by atoms with Gasteiger partial charge in [-0.25, -0.2) is 9.18 Å². The third-order valence-corrected chi connectivity index (χ3v) is 2.09. The molecule has 0 radical (unpaired) electrons. The fourth-order valence-corrected chi connectivity index (χ4v) is 1.58. The Kier molecular flexibility index (Phi) is 1.88. The van der Waals surface area contributed by atoms with Crippen LogP contribution in [0.2, 0.25) is 0 Å². The van der Waals surface area contributed by atoms with Gasteiger partial charge in [0.05, 0.1) is 0 Å². The second-order valence-electron chi connectivity index (χ2n) is 3.32. The summed E-state index contributed by atoms with van der Waals surface area (Å²) in [7, 11) is 0. The first-order chi connectivity index (χ1) is 4.96. The molecule has 1 aliphatic carbocycles. The maximum absolute atomic E-state index is 12.7. The highest BCUT2D eigenvalue weighted by Crippen LogP contribution is 2.41. The fraction of sp³-hybridized carbons (Fsp3) is 0.857. The molecule has 1 aliphatic rings. The van der Waals surface area contributed by atoms with E-state index in [-0.39, 0.29) is 18.8 Å². The van der Waals surface area contributed by atoms with Gasteiger partial charge in [0.1, 0.15) is 5.60 Å². The second kappa shape index (κ2) is 2.44. The molecule has 1 saturated carbocycles. The minimum Gasteiger partial charge on any atom is -0.479 e. The van der Waals surface area contributed by atoms with Crippen LogP contribution in [-0.4, -0.2) is 28.0 Å². The summed E-state index contributed by atoms with van der Waals surface area (Å²) in [6.45, 7) is 1.85. The van der Waals surface area contributed by atoms with Crippen molar-refractivity contribution in [2.75, 3.05) is 0 Å². The van der Waals surface area contributed by atoms with E-state index < -0.39 is 17.7 Å². The lowest BCUT2D eigenvalue weighted by Gasteiger charge is -2.42. The van der Waals surface area contributed by atoms with E-state index in [9.17, 15) is 14.3 Å². The van der Waals surface area contributed by atoms with Gasteiger partial charge in [0, 0.05) is 0 Å². The quantitative estimate of drug-likeness (QED) is 0.624. The van der Waals surface area contributed by atoms with Gasteiger partial charge in [0.2, 0.25) is 6.17 Å². The summed E-state index contributed by atoms with van der Waals surface area (Å²) in [4.78, 5) is 10.1. The van der Waals surface area contributed by atoms with Crippen LogP contribution in [-0.2, 0) is 4.79 Å². The van der Waals surface area contributed by atoms with Gasteiger partial charge in [-0.2, -0.15) is 0 Å². The number of aliphatic carboxylic acids is 1. The van der Waals surface area contributed by atoms with Gasteiger partial charge < -0.3 is 10.2 Å². The second-order valence-corrected chi connectivity index (χ2v) is 3.32. The lowest BCUT2D eigenvalue weighted by molar-refractivity contribution is -0.169. The standard InChI is InChI=1S/C7H11FO3/c1-4-2-7(11,3-4)5(8)6(9)10/h4-5,11H,2-3H2,1H3,(H,9,10). The largest absolute Gasteiger partial charge is 0.479 e. The molecule has 0 aromatic heterocycles. The van der Waals surface area contributed by atoms with Crippen molar-refractivity contribution in [1.29, 1.82) is 0 Å². The zero-order valence-corrected chi connectivity index (χ0v) is 6.25. The van der Waals surface area contributed by atoms with Crippen molar-refractivity contribution < 1.29 is 19.4 Å². The van der Waals surface area contributed by atoms with Crippen LogP contribution in [0.4, 0.5) is 4.39 Å². The molecule has 64 valence electrons. The van der Waals surface area contributed by atoms with Gasteiger partial charge in [-0.3, -0.25) is 0 Å². The maximum atomic E-state index is 12.7. The smallest absolute Gasteiger partial charge is 0.341 e. The Morgan fingerprint density at radius 1 is 1.73 bits per heavy atom. The van der Waals surface area contributed by atoms with E-state index in [1.165, 1.54) is 0 Å². The van der Waals surface area contributed by atoms with Gasteiger partial charge in [-0.05, 0) is 18.8 Å². The summed E-state index contributed by atoms with van der Waals surface area (Å²) in [6.07, 6.45) is -1.63. The van der Waals surface area contributed by atoms with Crippen LogP contribution in [0, 0.1) is 5.92 Å². The Morgan fingerprint density at radius 2 is 2.18 bits per heavy atom. The van der Waals surface area contributed by atoms with Gasteiger partial charge in [0.25, 0.3) is 0 Å². The minimum atomic E-state index is -2.13. The van der Waals surface area contributed by atoms with E-state index in [2.05, 4.69) is 0 Å². The molecule has 0 bridgehead atoms. The first kappa shape index (κ1) is 8.46. The highest BCUT2D eigenvalue weighted by molar-refractivity contribution is 5.74. The van der Waals surface area contributed by atoms with E-state index in [1.807, 2.05) is 6.92 Å². The first-order valence-corrected chi connectivity index (χ1v) is 3.55. The third kappa shape index (κ3) is 1.35. The summed E-state index contributed by atoms with van der Waals surface area (Å²) in [5.74, 6) is -1.34. The van der Waals surface area contributed by atoms with Gasteiger partial charge in [-0.1, -0.05) is 6.92 Å². The molecule has 2 N–H and O–H groups in total. The van der Waals surface area contributed by atoms with Crippen molar-refractivity contribution in [3.63, 3.8) is 0 Å². The number of carboxylic acids is 1. The molecular formula is C7H11FO3. The van der Waals surface area contributed by atoms with Gasteiger partial charge in [-0.15, -0.1) is 0 Å². The predicted octanol–water partition coefficient (Wildman–Crippen LogP) is 0.570. The monoisotopic (exact) mass is 162 g/mol. The molecule has 0 aromatic carbocycles. The molecule has 0 aliphatic heterocycles. The fourth-order valence-electron chi connectivity index (χ4n) is 1.58. The molecule has 0 spiro atoms. The molecule has 0 heterocycles. The summed E-state index contributed by atoms with van der Waals surface area (Å²) in [5, 5.41) is 17.5. The van der Waals surface area contributed by atoms with Crippen LogP contribution >= 0.6 is 0 Å². The third-order valence-electron chi connectivity index (χ3n) is 2.09. The van der Waals surface area contributed by atoms with Crippen molar-refractivity contribution in [2.45, 2.75) is 31.5 Å². The predicted molar refractivity (Wildman–Crippen MR) is 35.9 cm³/mol. The zero-order chi connectivity index (χ0) is 8.65. The van der Waals surface area contributed by atoms with Crippen molar-refractivity contribution in [3.8, 4) is 0 Å². The summed E-state index contributed by atoms with van der Waals surface area (Å²) >= 11 is 0. The average Bonchev–Trinajstić information content (AvgIpc) is 1.83.